The lowest BCUT2D eigenvalue weighted by Gasteiger charge is -2.16. The third-order valence-electron chi connectivity index (χ3n) is 3.85. The van der Waals surface area contributed by atoms with Gasteiger partial charge in [-0.3, -0.25) is 0 Å². The Kier molecular flexibility index (Phi) is 3.79. The molecule has 0 N–H and O–H groups in total. The molecule has 3 aromatic carbocycles. The highest BCUT2D eigenvalue weighted by atomic mass is 32.1. The molecule has 0 aliphatic heterocycles. The Morgan fingerprint density at radius 1 is 0.833 bits per heavy atom. The average molecular weight is 353 g/mol. The molecule has 0 amide bonds. The number of nitrogens with zero attached hydrogens (tertiary/aromatic N) is 1. The third-order valence-corrected chi connectivity index (χ3v) is 8.40. The lowest BCUT2D eigenvalue weighted by Crippen LogP contribution is -2.24. The normalized spacial score (nSPS) is 11.7. The first-order valence-electron chi connectivity index (χ1n) is 7.46. The molecule has 1 aromatic heterocycles. The van der Waals surface area contributed by atoms with Crippen molar-refractivity contribution in [2.24, 2.45) is 0 Å². The summed E-state index contributed by atoms with van der Waals surface area (Å²) in [7, 11) is -3.08. The number of aromatic nitrogens is 1. The van der Waals surface area contributed by atoms with Gasteiger partial charge in [0.2, 0.25) is 0 Å². The van der Waals surface area contributed by atoms with Gasteiger partial charge in [-0.1, -0.05) is 60.7 Å². The van der Waals surface area contributed by atoms with E-state index in [4.69, 9.17) is 0 Å². The summed E-state index contributed by atoms with van der Waals surface area (Å²) >= 11 is 1.29. The van der Waals surface area contributed by atoms with Crippen molar-refractivity contribution in [2.75, 3.05) is 0 Å². The van der Waals surface area contributed by atoms with E-state index in [1.165, 1.54) is 23.5 Å². The predicted octanol–water partition coefficient (Wildman–Crippen LogP) is 4.07. The minimum absolute atomic E-state index is 0.313. The van der Waals surface area contributed by atoms with Gasteiger partial charge >= 0.3 is 0 Å². The topological polar surface area (TPSA) is 30.0 Å². The van der Waals surface area contributed by atoms with Crippen LogP contribution >= 0.6 is 18.5 Å². The molecule has 0 radical (unpaired) electrons. The van der Waals surface area contributed by atoms with Gasteiger partial charge in [0.15, 0.2) is 11.9 Å². The molecule has 0 bridgehead atoms. The zero-order valence-corrected chi connectivity index (χ0v) is 14.3. The third kappa shape index (κ3) is 2.48. The van der Waals surface area contributed by atoms with E-state index in [-0.39, 0.29) is 5.82 Å². The van der Waals surface area contributed by atoms with Gasteiger partial charge < -0.3 is 4.57 Å². The van der Waals surface area contributed by atoms with Crippen LogP contribution in [0.25, 0.3) is 10.2 Å². The van der Waals surface area contributed by atoms with E-state index in [1.54, 1.807) is 6.07 Å². The molecule has 118 valence electrons. The van der Waals surface area contributed by atoms with Crippen molar-refractivity contribution in [1.29, 1.82) is 0 Å². The van der Waals surface area contributed by atoms with Crippen LogP contribution in [-0.4, -0.2) is 4.98 Å². The lowest BCUT2D eigenvalue weighted by atomic mass is 10.3. The van der Waals surface area contributed by atoms with Crippen LogP contribution in [-0.2, 0) is 4.57 Å². The molecular weight excluding hydrogens is 340 g/mol. The van der Waals surface area contributed by atoms with Crippen LogP contribution in [0.3, 0.4) is 0 Å². The second kappa shape index (κ2) is 5.97. The van der Waals surface area contributed by atoms with Gasteiger partial charge in [-0.05, 0) is 18.2 Å². The Bertz CT molecular complexity index is 1000. The quantitative estimate of drug-likeness (QED) is 0.520. The van der Waals surface area contributed by atoms with Gasteiger partial charge in [-0.25, -0.2) is 9.37 Å². The summed E-state index contributed by atoms with van der Waals surface area (Å²) in [6, 6.07) is 23.2. The van der Waals surface area contributed by atoms with Gasteiger partial charge in [-0.15, -0.1) is 11.3 Å². The van der Waals surface area contributed by atoms with Gasteiger partial charge in [-0.2, -0.15) is 0 Å². The summed E-state index contributed by atoms with van der Waals surface area (Å²) in [5, 5.41) is 1.46. The van der Waals surface area contributed by atoms with Gasteiger partial charge in [0, 0.05) is 10.6 Å². The van der Waals surface area contributed by atoms with Crippen LogP contribution in [0.5, 0.6) is 0 Å². The molecule has 2 nitrogen and oxygen atoms in total. The highest BCUT2D eigenvalue weighted by Crippen LogP contribution is 2.44. The van der Waals surface area contributed by atoms with E-state index in [2.05, 4.69) is 4.98 Å². The summed E-state index contributed by atoms with van der Waals surface area (Å²) in [4.78, 5) is 4.57. The van der Waals surface area contributed by atoms with Crippen LogP contribution in [0.15, 0.2) is 78.9 Å². The van der Waals surface area contributed by atoms with Crippen molar-refractivity contribution >= 4 is 44.1 Å². The summed E-state index contributed by atoms with van der Waals surface area (Å²) in [5.41, 5.74) is 0.670. The molecule has 5 heteroatoms. The van der Waals surface area contributed by atoms with E-state index in [9.17, 15) is 8.96 Å². The standard InChI is InChI=1S/C19H13FNOPS/c20-14-11-12-17-18(13-14)24-19(21-17)23(22,15-7-3-1-4-8-15)16-9-5-2-6-10-16/h1-13H. The summed E-state index contributed by atoms with van der Waals surface area (Å²) < 4.78 is 28.9. The Labute approximate surface area is 143 Å². The number of fused-ring (bicyclic) bond motifs is 1. The maximum absolute atomic E-state index is 14.1. The van der Waals surface area contributed by atoms with Crippen molar-refractivity contribution in [3.63, 3.8) is 0 Å². The minimum Gasteiger partial charge on any atom is -0.306 e. The molecule has 0 atom stereocenters. The maximum atomic E-state index is 14.1. The van der Waals surface area contributed by atoms with E-state index in [0.29, 0.717) is 15.0 Å². The Morgan fingerprint density at radius 3 is 2.00 bits per heavy atom. The van der Waals surface area contributed by atoms with Crippen LogP contribution in [0.4, 0.5) is 4.39 Å². The van der Waals surface area contributed by atoms with Gasteiger partial charge in [0.25, 0.3) is 0 Å². The van der Waals surface area contributed by atoms with E-state index >= 15 is 0 Å². The largest absolute Gasteiger partial charge is 0.306 e. The molecular formula is C19H13FNOPS. The van der Waals surface area contributed by atoms with Crippen molar-refractivity contribution in [3.8, 4) is 0 Å². The molecule has 4 rings (SSSR count). The SMILES string of the molecule is O=P(c1ccccc1)(c1ccccc1)c1nc2ccc(F)cc2s1. The fourth-order valence-electron chi connectivity index (χ4n) is 2.67. The Morgan fingerprint density at radius 2 is 1.42 bits per heavy atom. The summed E-state index contributed by atoms with van der Waals surface area (Å²) in [5.74, 6) is -0.313. The first-order chi connectivity index (χ1) is 11.7. The number of benzene rings is 3. The minimum atomic E-state index is -3.08. The van der Waals surface area contributed by atoms with Crippen LogP contribution in [0, 0.1) is 5.82 Å². The van der Waals surface area contributed by atoms with E-state index in [1.807, 2.05) is 60.7 Å². The van der Waals surface area contributed by atoms with Crippen LogP contribution in [0.2, 0.25) is 0 Å². The number of rotatable bonds is 3. The van der Waals surface area contributed by atoms with Gasteiger partial charge in [0.05, 0.1) is 10.2 Å². The molecule has 0 aliphatic carbocycles. The second-order valence-electron chi connectivity index (χ2n) is 5.39. The zero-order valence-electron chi connectivity index (χ0n) is 12.6. The smallest absolute Gasteiger partial charge is 0.198 e. The lowest BCUT2D eigenvalue weighted by molar-refractivity contribution is 0.592. The highest BCUT2D eigenvalue weighted by molar-refractivity contribution is 7.89. The Balaban J connectivity index is 2.00. The van der Waals surface area contributed by atoms with E-state index in [0.717, 1.165) is 10.6 Å². The predicted molar refractivity (Wildman–Crippen MR) is 99.0 cm³/mol. The molecule has 0 unspecified atom stereocenters. The molecule has 0 saturated heterocycles. The number of thiazole rings is 1. The van der Waals surface area contributed by atoms with Crippen molar-refractivity contribution in [2.45, 2.75) is 0 Å². The van der Waals surface area contributed by atoms with Crippen LogP contribution in [0.1, 0.15) is 0 Å². The summed E-state index contributed by atoms with van der Waals surface area (Å²) in [6.07, 6.45) is 0. The molecule has 4 aromatic rings. The molecule has 0 fully saturated rings. The molecule has 0 aliphatic rings. The zero-order chi connectivity index (χ0) is 16.6. The first-order valence-corrected chi connectivity index (χ1v) is 9.98. The molecule has 1 heterocycles. The molecule has 24 heavy (non-hydrogen) atoms. The number of hydrogen-bond donors (Lipinski definition) is 0. The van der Waals surface area contributed by atoms with Crippen molar-refractivity contribution < 1.29 is 8.96 Å². The Hall–Kier alpha value is -2.29. The second-order valence-corrected chi connectivity index (χ2v) is 9.40. The fourth-order valence-corrected chi connectivity index (χ4v) is 7.01. The van der Waals surface area contributed by atoms with Crippen molar-refractivity contribution in [3.05, 3.63) is 84.7 Å². The number of halogens is 1. The molecule has 0 saturated carbocycles. The maximum Gasteiger partial charge on any atom is 0.198 e. The van der Waals surface area contributed by atoms with Gasteiger partial charge in [0.1, 0.15) is 5.82 Å². The van der Waals surface area contributed by atoms with Crippen LogP contribution < -0.4 is 15.4 Å². The van der Waals surface area contributed by atoms with Crippen molar-refractivity contribution in [1.82, 2.24) is 4.98 Å². The monoisotopic (exact) mass is 353 g/mol. The average Bonchev–Trinajstić information content (AvgIpc) is 3.06. The summed E-state index contributed by atoms with van der Waals surface area (Å²) in [6.45, 7) is 0. The number of hydrogen-bond acceptors (Lipinski definition) is 3. The fraction of sp³-hybridized carbons (Fsp3) is 0. The first kappa shape index (κ1) is 15.3. The van der Waals surface area contributed by atoms with E-state index < -0.39 is 7.14 Å². The molecule has 0 spiro atoms. The highest BCUT2D eigenvalue weighted by Gasteiger charge is 2.33.